The molecule has 29 heavy (non-hydrogen) atoms. The third-order valence-electron chi connectivity index (χ3n) is 5.00. The first-order valence-corrected chi connectivity index (χ1v) is 9.29. The van der Waals surface area contributed by atoms with Crippen LogP contribution in [0.15, 0.2) is 67.1 Å². The average molecular weight is 382 g/mol. The van der Waals surface area contributed by atoms with Gasteiger partial charge in [-0.05, 0) is 41.0 Å². The van der Waals surface area contributed by atoms with Gasteiger partial charge in [0, 0.05) is 42.3 Å². The van der Waals surface area contributed by atoms with E-state index in [0.717, 1.165) is 40.2 Å². The van der Waals surface area contributed by atoms with Gasteiger partial charge < -0.3 is 10.2 Å². The van der Waals surface area contributed by atoms with E-state index in [-0.39, 0.29) is 0 Å². The first-order chi connectivity index (χ1) is 14.3. The Balaban J connectivity index is 1.36. The van der Waals surface area contributed by atoms with Crippen LogP contribution in [0.1, 0.15) is 11.1 Å². The summed E-state index contributed by atoms with van der Waals surface area (Å²) < 4.78 is 0. The van der Waals surface area contributed by atoms with Crippen LogP contribution in [0.5, 0.6) is 0 Å². The predicted molar refractivity (Wildman–Crippen MR) is 110 cm³/mol. The molecule has 7 nitrogen and oxygen atoms in total. The minimum Gasteiger partial charge on any atom is -0.340 e. The third-order valence-corrected chi connectivity index (χ3v) is 5.00. The zero-order chi connectivity index (χ0) is 19.6. The van der Waals surface area contributed by atoms with E-state index >= 15 is 0 Å². The molecule has 2 aromatic heterocycles. The molecule has 1 amide bonds. The molecule has 0 saturated carbocycles. The molecule has 0 fully saturated rings. The molecule has 0 saturated heterocycles. The Labute approximate surface area is 167 Å². The number of hydrogen-bond acceptors (Lipinski definition) is 5. The maximum absolute atomic E-state index is 11.0. The van der Waals surface area contributed by atoms with E-state index in [1.165, 1.54) is 5.56 Å². The number of benzene rings is 2. The highest BCUT2D eigenvalue weighted by atomic mass is 16.1. The van der Waals surface area contributed by atoms with Gasteiger partial charge in [-0.15, -0.1) is 0 Å². The number of aromatic amines is 1. The molecule has 0 atom stereocenters. The zero-order valence-corrected chi connectivity index (χ0v) is 15.5. The van der Waals surface area contributed by atoms with Crippen LogP contribution in [-0.4, -0.2) is 31.5 Å². The van der Waals surface area contributed by atoms with Gasteiger partial charge in [0.2, 0.25) is 6.41 Å². The number of H-pyrrole nitrogens is 1. The predicted octanol–water partition coefficient (Wildman–Crippen LogP) is 3.75. The van der Waals surface area contributed by atoms with Crippen LogP contribution in [0.4, 0.5) is 11.5 Å². The van der Waals surface area contributed by atoms with Gasteiger partial charge in [0.1, 0.15) is 5.82 Å². The smallest absolute Gasteiger partial charge is 0.210 e. The molecule has 7 heteroatoms. The molecule has 0 aliphatic carbocycles. The quantitative estimate of drug-likeness (QED) is 0.514. The minimum absolute atomic E-state index is 0.633. The molecule has 4 aromatic rings. The Hall–Kier alpha value is -4.00. The maximum atomic E-state index is 11.0. The van der Waals surface area contributed by atoms with Crippen molar-refractivity contribution in [3.63, 3.8) is 0 Å². The summed E-state index contributed by atoms with van der Waals surface area (Å²) in [7, 11) is 0. The minimum atomic E-state index is 0.633. The van der Waals surface area contributed by atoms with E-state index in [1.807, 2.05) is 48.7 Å². The van der Waals surface area contributed by atoms with Crippen molar-refractivity contribution in [2.45, 2.75) is 13.1 Å². The molecular formula is C22H18N6O. The monoisotopic (exact) mass is 382 g/mol. The van der Waals surface area contributed by atoms with E-state index < -0.39 is 0 Å². The Kier molecular flexibility index (Phi) is 4.25. The summed E-state index contributed by atoms with van der Waals surface area (Å²) >= 11 is 0. The van der Waals surface area contributed by atoms with Crippen molar-refractivity contribution >= 4 is 17.9 Å². The summed E-state index contributed by atoms with van der Waals surface area (Å²) in [6, 6.07) is 16.1. The lowest BCUT2D eigenvalue weighted by Gasteiger charge is -2.08. The SMILES string of the molecule is O=CN1Cc2ccc(-c3nccc(Nc4ccc(-c5cn[nH]c5)cc4)n3)cc2C1. The van der Waals surface area contributed by atoms with Crippen LogP contribution < -0.4 is 5.32 Å². The molecule has 1 aliphatic heterocycles. The summed E-state index contributed by atoms with van der Waals surface area (Å²) in [5.74, 6) is 1.37. The van der Waals surface area contributed by atoms with Crippen molar-refractivity contribution in [1.82, 2.24) is 25.1 Å². The normalized spacial score (nSPS) is 12.6. The Bertz CT molecular complexity index is 1150. The number of rotatable bonds is 5. The van der Waals surface area contributed by atoms with Crippen LogP contribution >= 0.6 is 0 Å². The van der Waals surface area contributed by atoms with Gasteiger partial charge in [-0.2, -0.15) is 5.10 Å². The fourth-order valence-corrected chi connectivity index (χ4v) is 3.50. The van der Waals surface area contributed by atoms with Crippen molar-refractivity contribution in [3.8, 4) is 22.5 Å². The van der Waals surface area contributed by atoms with Crippen molar-refractivity contribution in [3.05, 3.63) is 78.2 Å². The molecule has 3 heterocycles. The number of carbonyl (C=O) groups is 1. The van der Waals surface area contributed by atoms with Gasteiger partial charge in [-0.1, -0.05) is 24.3 Å². The molecule has 0 bridgehead atoms. The second kappa shape index (κ2) is 7.20. The van der Waals surface area contributed by atoms with Gasteiger partial charge in [0.15, 0.2) is 5.82 Å². The summed E-state index contributed by atoms with van der Waals surface area (Å²) in [6.07, 6.45) is 6.29. The third kappa shape index (κ3) is 3.45. The van der Waals surface area contributed by atoms with Crippen molar-refractivity contribution < 1.29 is 4.79 Å². The highest BCUT2D eigenvalue weighted by Gasteiger charge is 2.18. The van der Waals surface area contributed by atoms with Crippen LogP contribution in [0.25, 0.3) is 22.5 Å². The Morgan fingerprint density at radius 1 is 0.966 bits per heavy atom. The molecule has 0 unspecified atom stereocenters. The lowest BCUT2D eigenvalue weighted by Crippen LogP contribution is -2.12. The average Bonchev–Trinajstić information content (AvgIpc) is 3.44. The van der Waals surface area contributed by atoms with Gasteiger partial charge in [0.05, 0.1) is 6.20 Å². The van der Waals surface area contributed by atoms with E-state index in [9.17, 15) is 4.79 Å². The number of nitrogens with one attached hydrogen (secondary N) is 2. The summed E-state index contributed by atoms with van der Waals surface area (Å²) in [4.78, 5) is 21.8. The lowest BCUT2D eigenvalue weighted by molar-refractivity contribution is -0.118. The topological polar surface area (TPSA) is 86.8 Å². The number of nitrogens with zero attached hydrogens (tertiary/aromatic N) is 4. The highest BCUT2D eigenvalue weighted by Crippen LogP contribution is 2.27. The largest absolute Gasteiger partial charge is 0.340 e. The van der Waals surface area contributed by atoms with Crippen molar-refractivity contribution in [1.29, 1.82) is 0 Å². The molecule has 0 radical (unpaired) electrons. The first kappa shape index (κ1) is 17.1. The highest BCUT2D eigenvalue weighted by molar-refractivity contribution is 5.67. The molecule has 2 aromatic carbocycles. The second-order valence-corrected chi connectivity index (χ2v) is 6.95. The van der Waals surface area contributed by atoms with Crippen LogP contribution in [0, 0.1) is 0 Å². The summed E-state index contributed by atoms with van der Waals surface area (Å²) in [5, 5.41) is 10.1. The number of fused-ring (bicyclic) bond motifs is 1. The number of carbonyl (C=O) groups excluding carboxylic acids is 1. The Morgan fingerprint density at radius 3 is 2.59 bits per heavy atom. The molecule has 2 N–H and O–H groups in total. The number of hydrogen-bond donors (Lipinski definition) is 2. The zero-order valence-electron chi connectivity index (χ0n) is 15.5. The van der Waals surface area contributed by atoms with E-state index in [2.05, 4.69) is 31.5 Å². The molecule has 5 rings (SSSR count). The second-order valence-electron chi connectivity index (χ2n) is 6.95. The van der Waals surface area contributed by atoms with Crippen molar-refractivity contribution in [2.24, 2.45) is 0 Å². The van der Waals surface area contributed by atoms with E-state index in [4.69, 9.17) is 0 Å². The molecule has 142 valence electrons. The number of anilines is 2. The van der Waals surface area contributed by atoms with Crippen LogP contribution in [0.3, 0.4) is 0 Å². The van der Waals surface area contributed by atoms with E-state index in [0.29, 0.717) is 18.9 Å². The maximum Gasteiger partial charge on any atom is 0.210 e. The first-order valence-electron chi connectivity index (χ1n) is 9.29. The number of amides is 1. The fraction of sp³-hybridized carbons (Fsp3) is 0.0909. The van der Waals surface area contributed by atoms with Gasteiger partial charge >= 0.3 is 0 Å². The summed E-state index contributed by atoms with van der Waals surface area (Å²) in [5.41, 5.74) is 6.34. The molecular weight excluding hydrogens is 364 g/mol. The Morgan fingerprint density at radius 2 is 1.79 bits per heavy atom. The van der Waals surface area contributed by atoms with Crippen molar-refractivity contribution in [2.75, 3.05) is 5.32 Å². The number of aromatic nitrogens is 4. The van der Waals surface area contributed by atoms with E-state index in [1.54, 1.807) is 17.3 Å². The van der Waals surface area contributed by atoms with Crippen LogP contribution in [0.2, 0.25) is 0 Å². The van der Waals surface area contributed by atoms with Crippen LogP contribution in [-0.2, 0) is 17.9 Å². The standard InChI is InChI=1S/C22H18N6O/c29-14-28-12-17-2-1-16(9-18(17)13-28)22-23-8-7-21(27-22)26-20-5-3-15(4-6-20)19-10-24-25-11-19/h1-11,14H,12-13H2,(H,24,25)(H,23,26,27). The van der Waals surface area contributed by atoms with Gasteiger partial charge in [0.25, 0.3) is 0 Å². The molecule has 1 aliphatic rings. The fourth-order valence-electron chi connectivity index (χ4n) is 3.50. The molecule has 0 spiro atoms. The van der Waals surface area contributed by atoms with Gasteiger partial charge in [-0.3, -0.25) is 9.89 Å². The summed E-state index contributed by atoms with van der Waals surface area (Å²) in [6.45, 7) is 1.30. The lowest BCUT2D eigenvalue weighted by atomic mass is 10.1. The van der Waals surface area contributed by atoms with Gasteiger partial charge in [-0.25, -0.2) is 9.97 Å².